The third kappa shape index (κ3) is 2.67. The first-order chi connectivity index (χ1) is 11.5. The van der Waals surface area contributed by atoms with Crippen LogP contribution in [0.25, 0.3) is 0 Å². The molecule has 2 aromatic carbocycles. The molecular formula is C19H19NO4. The van der Waals surface area contributed by atoms with E-state index in [1.54, 1.807) is 30.3 Å². The van der Waals surface area contributed by atoms with Gasteiger partial charge in [0, 0.05) is 16.8 Å². The summed E-state index contributed by atoms with van der Waals surface area (Å²) in [5, 5.41) is 13.5. The monoisotopic (exact) mass is 325 g/mol. The first-order valence-corrected chi connectivity index (χ1v) is 7.82. The number of ketones is 1. The molecular weight excluding hydrogens is 306 g/mol. The number of ether oxygens (including phenoxy) is 1. The second-order valence-electron chi connectivity index (χ2n) is 5.88. The Morgan fingerprint density at radius 2 is 1.92 bits per heavy atom. The lowest BCUT2D eigenvalue weighted by Gasteiger charge is -2.20. The molecule has 2 aromatic rings. The molecule has 3 rings (SSSR count). The van der Waals surface area contributed by atoms with Crippen LogP contribution in [0.2, 0.25) is 0 Å². The Bertz CT molecular complexity index is 798. The van der Waals surface area contributed by atoms with E-state index in [9.17, 15) is 14.7 Å². The molecule has 24 heavy (non-hydrogen) atoms. The molecule has 0 radical (unpaired) electrons. The van der Waals surface area contributed by atoms with E-state index in [1.165, 1.54) is 7.11 Å². The summed E-state index contributed by atoms with van der Waals surface area (Å²) in [6.45, 7) is 2.03. The average Bonchev–Trinajstić information content (AvgIpc) is 2.85. The minimum atomic E-state index is -1.88. The zero-order chi connectivity index (χ0) is 17.3. The molecule has 0 saturated carbocycles. The first kappa shape index (κ1) is 16.2. The van der Waals surface area contributed by atoms with E-state index in [0.717, 1.165) is 12.0 Å². The van der Waals surface area contributed by atoms with Gasteiger partial charge in [0.2, 0.25) is 0 Å². The minimum absolute atomic E-state index is 0.286. The van der Waals surface area contributed by atoms with Crippen LogP contribution in [0.15, 0.2) is 42.5 Å². The highest BCUT2D eigenvalue weighted by molar-refractivity contribution is 6.09. The fraction of sp³-hybridized carbons (Fsp3) is 0.263. The number of aryl methyl sites for hydroxylation is 1. The van der Waals surface area contributed by atoms with Crippen LogP contribution >= 0.6 is 0 Å². The van der Waals surface area contributed by atoms with Crippen molar-refractivity contribution in [2.24, 2.45) is 0 Å². The fourth-order valence-corrected chi connectivity index (χ4v) is 2.89. The van der Waals surface area contributed by atoms with E-state index in [-0.39, 0.29) is 12.2 Å². The first-order valence-electron chi connectivity index (χ1n) is 7.82. The predicted octanol–water partition coefficient (Wildman–Crippen LogP) is 2.67. The minimum Gasteiger partial charge on any atom is -0.497 e. The Morgan fingerprint density at radius 3 is 2.54 bits per heavy atom. The van der Waals surface area contributed by atoms with E-state index < -0.39 is 11.5 Å². The maximum atomic E-state index is 12.5. The van der Waals surface area contributed by atoms with E-state index in [0.29, 0.717) is 22.6 Å². The van der Waals surface area contributed by atoms with Crippen LogP contribution < -0.4 is 10.1 Å². The average molecular weight is 325 g/mol. The summed E-state index contributed by atoms with van der Waals surface area (Å²) >= 11 is 0. The Kier molecular flexibility index (Phi) is 4.11. The lowest BCUT2D eigenvalue weighted by molar-refractivity contribution is -0.133. The van der Waals surface area contributed by atoms with Crippen LogP contribution in [0.4, 0.5) is 5.69 Å². The summed E-state index contributed by atoms with van der Waals surface area (Å²) in [6, 6.07) is 12.1. The van der Waals surface area contributed by atoms with Gasteiger partial charge in [-0.15, -0.1) is 0 Å². The number of hydrogen-bond donors (Lipinski definition) is 2. The SMILES string of the molecule is CCc1ccc(C(=O)C[C@@]2(O)C(=O)Nc3ccc(OC)cc32)cc1. The van der Waals surface area contributed by atoms with Crippen molar-refractivity contribution in [3.8, 4) is 5.75 Å². The van der Waals surface area contributed by atoms with Gasteiger partial charge in [0.25, 0.3) is 5.91 Å². The van der Waals surface area contributed by atoms with Crippen molar-refractivity contribution in [3.63, 3.8) is 0 Å². The Morgan fingerprint density at radius 1 is 1.21 bits per heavy atom. The normalized spacial score (nSPS) is 18.9. The van der Waals surface area contributed by atoms with Gasteiger partial charge in [-0.05, 0) is 30.2 Å². The molecule has 0 bridgehead atoms. The number of aliphatic hydroxyl groups is 1. The van der Waals surface area contributed by atoms with E-state index in [2.05, 4.69) is 5.32 Å². The molecule has 0 spiro atoms. The lowest BCUT2D eigenvalue weighted by atomic mass is 9.88. The van der Waals surface area contributed by atoms with Gasteiger partial charge < -0.3 is 15.2 Å². The maximum absolute atomic E-state index is 12.5. The van der Waals surface area contributed by atoms with Gasteiger partial charge in [0.1, 0.15) is 5.75 Å². The summed E-state index contributed by atoms with van der Waals surface area (Å²) in [7, 11) is 1.51. The second-order valence-corrected chi connectivity index (χ2v) is 5.88. The molecule has 1 heterocycles. The Hall–Kier alpha value is -2.66. The van der Waals surface area contributed by atoms with Crippen LogP contribution in [-0.4, -0.2) is 23.9 Å². The number of Topliss-reactive ketones (excluding diaryl/α,β-unsaturated/α-hetero) is 1. The molecule has 5 heteroatoms. The van der Waals surface area contributed by atoms with Crippen LogP contribution in [-0.2, 0) is 16.8 Å². The summed E-state index contributed by atoms with van der Waals surface area (Å²) in [5.74, 6) is -0.362. The van der Waals surface area contributed by atoms with Gasteiger partial charge in [0.05, 0.1) is 13.5 Å². The van der Waals surface area contributed by atoms with E-state index in [4.69, 9.17) is 4.74 Å². The van der Waals surface area contributed by atoms with Crippen molar-refractivity contribution < 1.29 is 19.4 Å². The largest absolute Gasteiger partial charge is 0.497 e. The smallest absolute Gasteiger partial charge is 0.261 e. The summed E-state index contributed by atoms with van der Waals surface area (Å²) in [4.78, 5) is 24.8. The molecule has 1 aliphatic heterocycles. The number of rotatable bonds is 5. The van der Waals surface area contributed by atoms with Crippen LogP contribution in [0.5, 0.6) is 5.75 Å². The number of nitrogens with one attached hydrogen (secondary N) is 1. The van der Waals surface area contributed by atoms with Gasteiger partial charge in [-0.1, -0.05) is 31.2 Å². The van der Waals surface area contributed by atoms with Gasteiger partial charge in [0.15, 0.2) is 11.4 Å². The number of amides is 1. The highest BCUT2D eigenvalue weighted by Crippen LogP contribution is 2.40. The number of fused-ring (bicyclic) bond motifs is 1. The molecule has 1 atom stereocenters. The van der Waals surface area contributed by atoms with Crippen LogP contribution in [0, 0.1) is 0 Å². The van der Waals surface area contributed by atoms with Gasteiger partial charge in [-0.25, -0.2) is 0 Å². The molecule has 1 amide bonds. The molecule has 1 aliphatic rings. The molecule has 0 unspecified atom stereocenters. The molecule has 124 valence electrons. The van der Waals surface area contributed by atoms with Crippen molar-refractivity contribution in [1.82, 2.24) is 0 Å². The molecule has 5 nitrogen and oxygen atoms in total. The highest BCUT2D eigenvalue weighted by Gasteiger charge is 2.47. The second kappa shape index (κ2) is 6.09. The third-order valence-corrected chi connectivity index (χ3v) is 4.40. The fourth-order valence-electron chi connectivity index (χ4n) is 2.89. The quantitative estimate of drug-likeness (QED) is 0.829. The van der Waals surface area contributed by atoms with Crippen LogP contribution in [0.1, 0.15) is 34.8 Å². The van der Waals surface area contributed by atoms with Crippen molar-refractivity contribution in [2.45, 2.75) is 25.4 Å². The number of carbonyl (C=O) groups excluding carboxylic acids is 2. The molecule has 2 N–H and O–H groups in total. The van der Waals surface area contributed by atoms with E-state index in [1.807, 2.05) is 19.1 Å². The Balaban J connectivity index is 1.91. The van der Waals surface area contributed by atoms with E-state index >= 15 is 0 Å². The summed E-state index contributed by atoms with van der Waals surface area (Å²) in [6.07, 6.45) is 0.568. The molecule has 0 saturated heterocycles. The maximum Gasteiger partial charge on any atom is 0.261 e. The number of benzene rings is 2. The molecule has 0 aliphatic carbocycles. The van der Waals surface area contributed by atoms with Crippen LogP contribution in [0.3, 0.4) is 0 Å². The third-order valence-electron chi connectivity index (χ3n) is 4.40. The zero-order valence-electron chi connectivity index (χ0n) is 13.6. The van der Waals surface area contributed by atoms with Crippen molar-refractivity contribution in [2.75, 3.05) is 12.4 Å². The Labute approximate surface area is 140 Å². The van der Waals surface area contributed by atoms with Gasteiger partial charge in [-0.3, -0.25) is 9.59 Å². The number of carbonyl (C=O) groups is 2. The summed E-state index contributed by atoms with van der Waals surface area (Å²) < 4.78 is 5.15. The van der Waals surface area contributed by atoms with Crippen molar-refractivity contribution in [1.29, 1.82) is 0 Å². The highest BCUT2D eigenvalue weighted by atomic mass is 16.5. The van der Waals surface area contributed by atoms with Crippen molar-refractivity contribution in [3.05, 3.63) is 59.2 Å². The number of methoxy groups -OCH3 is 1. The van der Waals surface area contributed by atoms with Crippen molar-refractivity contribution >= 4 is 17.4 Å². The predicted molar refractivity (Wildman–Crippen MR) is 90.3 cm³/mol. The van der Waals surface area contributed by atoms with Gasteiger partial charge in [-0.2, -0.15) is 0 Å². The van der Waals surface area contributed by atoms with Gasteiger partial charge >= 0.3 is 0 Å². The summed E-state index contributed by atoms with van der Waals surface area (Å²) in [5.41, 5.74) is 0.580. The topological polar surface area (TPSA) is 75.6 Å². The lowest BCUT2D eigenvalue weighted by Crippen LogP contribution is -2.36. The number of anilines is 1. The molecule has 0 fully saturated rings. The number of hydrogen-bond acceptors (Lipinski definition) is 4. The standard InChI is InChI=1S/C19H19NO4/c1-3-12-4-6-13(7-5-12)17(21)11-19(23)15-10-14(24-2)8-9-16(15)20-18(19)22/h4-10,23H,3,11H2,1-2H3,(H,20,22)/t19-/m0/s1. The zero-order valence-corrected chi connectivity index (χ0v) is 13.6. The molecule has 0 aromatic heterocycles.